The Morgan fingerprint density at radius 1 is 1.06 bits per heavy atom. The van der Waals surface area contributed by atoms with Crippen LogP contribution in [0, 0.1) is 0 Å². The number of benzene rings is 1. The molecule has 18 heavy (non-hydrogen) atoms. The summed E-state index contributed by atoms with van der Waals surface area (Å²) >= 11 is 11.6. The Labute approximate surface area is 113 Å². The maximum Gasteiger partial charge on any atom is 0.165 e. The van der Waals surface area contributed by atoms with Crippen molar-refractivity contribution in [2.75, 3.05) is 0 Å². The molecule has 0 fully saturated rings. The molecule has 0 amide bonds. The average Bonchev–Trinajstić information content (AvgIpc) is 2.74. The van der Waals surface area contributed by atoms with Gasteiger partial charge in [0.05, 0.1) is 0 Å². The zero-order valence-electron chi connectivity index (χ0n) is 9.22. The van der Waals surface area contributed by atoms with Crippen LogP contribution < -0.4 is 0 Å². The van der Waals surface area contributed by atoms with Crippen molar-refractivity contribution in [3.8, 4) is 0 Å². The van der Waals surface area contributed by atoms with E-state index >= 15 is 0 Å². The standard InChI is InChI=1S/C12H8Cl2N4/c13-9-3-1-8(2-4-9)5-11-16-17-12-6-10(14)15-7-18(11)12/h1-4,6-7H,5H2. The zero-order chi connectivity index (χ0) is 12.5. The Morgan fingerprint density at radius 2 is 1.83 bits per heavy atom. The molecule has 2 aromatic heterocycles. The van der Waals surface area contributed by atoms with Crippen molar-refractivity contribution in [2.45, 2.75) is 6.42 Å². The van der Waals surface area contributed by atoms with E-state index in [0.717, 1.165) is 16.4 Å². The van der Waals surface area contributed by atoms with Crippen molar-refractivity contribution in [3.05, 3.63) is 58.2 Å². The van der Waals surface area contributed by atoms with E-state index in [9.17, 15) is 0 Å². The van der Waals surface area contributed by atoms with Crippen LogP contribution in [0.2, 0.25) is 10.2 Å². The summed E-state index contributed by atoms with van der Waals surface area (Å²) in [6, 6.07) is 9.32. The molecule has 0 aliphatic heterocycles. The van der Waals surface area contributed by atoms with Gasteiger partial charge < -0.3 is 0 Å². The van der Waals surface area contributed by atoms with Crippen molar-refractivity contribution >= 4 is 28.8 Å². The molecule has 4 nitrogen and oxygen atoms in total. The summed E-state index contributed by atoms with van der Waals surface area (Å²) in [4.78, 5) is 4.02. The second-order valence-electron chi connectivity index (χ2n) is 3.86. The van der Waals surface area contributed by atoms with Crippen LogP contribution in [-0.4, -0.2) is 19.6 Å². The molecule has 0 atom stereocenters. The van der Waals surface area contributed by atoms with Gasteiger partial charge in [-0.3, -0.25) is 4.40 Å². The molecule has 0 saturated carbocycles. The minimum Gasteiger partial charge on any atom is -0.269 e. The van der Waals surface area contributed by atoms with E-state index in [1.165, 1.54) is 0 Å². The molecular formula is C12H8Cl2N4. The molecule has 6 heteroatoms. The second kappa shape index (κ2) is 4.55. The Hall–Kier alpha value is -1.65. The number of hydrogen-bond acceptors (Lipinski definition) is 3. The minimum atomic E-state index is 0.410. The molecule has 1 aromatic carbocycles. The van der Waals surface area contributed by atoms with E-state index < -0.39 is 0 Å². The van der Waals surface area contributed by atoms with Crippen molar-refractivity contribution < 1.29 is 0 Å². The van der Waals surface area contributed by atoms with Gasteiger partial charge >= 0.3 is 0 Å². The smallest absolute Gasteiger partial charge is 0.165 e. The fourth-order valence-electron chi connectivity index (χ4n) is 1.72. The maximum atomic E-state index is 5.85. The third kappa shape index (κ3) is 2.17. The Bertz CT molecular complexity index is 691. The molecule has 0 N–H and O–H groups in total. The van der Waals surface area contributed by atoms with E-state index in [1.54, 1.807) is 12.4 Å². The van der Waals surface area contributed by atoms with E-state index in [-0.39, 0.29) is 0 Å². The molecule has 0 aliphatic rings. The van der Waals surface area contributed by atoms with Crippen molar-refractivity contribution in [2.24, 2.45) is 0 Å². The monoisotopic (exact) mass is 278 g/mol. The number of fused-ring (bicyclic) bond motifs is 1. The van der Waals surface area contributed by atoms with E-state index in [2.05, 4.69) is 15.2 Å². The topological polar surface area (TPSA) is 43.1 Å². The molecule has 0 spiro atoms. The number of rotatable bonds is 2. The number of halogens is 2. The van der Waals surface area contributed by atoms with Crippen LogP contribution in [0.4, 0.5) is 0 Å². The van der Waals surface area contributed by atoms with Gasteiger partial charge in [0.25, 0.3) is 0 Å². The van der Waals surface area contributed by atoms with Crippen LogP contribution in [0.15, 0.2) is 36.7 Å². The van der Waals surface area contributed by atoms with Gasteiger partial charge in [0, 0.05) is 17.5 Å². The lowest BCUT2D eigenvalue weighted by atomic mass is 10.1. The highest BCUT2D eigenvalue weighted by atomic mass is 35.5. The molecular weight excluding hydrogens is 271 g/mol. The Kier molecular flexibility index (Phi) is 2.89. The lowest BCUT2D eigenvalue weighted by Gasteiger charge is -2.00. The number of aromatic nitrogens is 4. The third-order valence-electron chi connectivity index (χ3n) is 2.61. The first-order valence-corrected chi connectivity index (χ1v) is 6.07. The predicted octanol–water partition coefficient (Wildman–Crippen LogP) is 3.02. The highest BCUT2D eigenvalue weighted by Crippen LogP contribution is 2.14. The fraction of sp³-hybridized carbons (Fsp3) is 0.0833. The Morgan fingerprint density at radius 3 is 2.61 bits per heavy atom. The summed E-state index contributed by atoms with van der Waals surface area (Å²) in [7, 11) is 0. The lowest BCUT2D eigenvalue weighted by Crippen LogP contribution is -1.97. The first-order valence-electron chi connectivity index (χ1n) is 5.32. The SMILES string of the molecule is Clc1ccc(Cc2nnc3cc(Cl)ncn23)cc1. The van der Waals surface area contributed by atoms with Crippen LogP contribution in [0.25, 0.3) is 5.65 Å². The average molecular weight is 279 g/mol. The molecule has 0 saturated heterocycles. The normalized spacial score (nSPS) is 11.0. The van der Waals surface area contributed by atoms with Gasteiger partial charge in [-0.2, -0.15) is 0 Å². The molecule has 0 aliphatic carbocycles. The highest BCUT2D eigenvalue weighted by Gasteiger charge is 2.07. The van der Waals surface area contributed by atoms with Crippen LogP contribution in [0.1, 0.15) is 11.4 Å². The summed E-state index contributed by atoms with van der Waals surface area (Å²) in [6.07, 6.45) is 2.30. The third-order valence-corrected chi connectivity index (χ3v) is 3.07. The first kappa shape index (κ1) is 11.4. The molecule has 0 unspecified atom stereocenters. The van der Waals surface area contributed by atoms with E-state index in [0.29, 0.717) is 17.2 Å². The van der Waals surface area contributed by atoms with Crippen molar-refractivity contribution in [3.63, 3.8) is 0 Å². The zero-order valence-corrected chi connectivity index (χ0v) is 10.7. The van der Waals surface area contributed by atoms with Gasteiger partial charge in [-0.1, -0.05) is 35.3 Å². The minimum absolute atomic E-state index is 0.410. The fourth-order valence-corrected chi connectivity index (χ4v) is 1.99. The summed E-state index contributed by atoms with van der Waals surface area (Å²) < 4.78 is 1.82. The molecule has 2 heterocycles. The van der Waals surface area contributed by atoms with Gasteiger partial charge in [0.1, 0.15) is 17.3 Å². The van der Waals surface area contributed by atoms with Gasteiger partial charge in [0.15, 0.2) is 5.65 Å². The largest absolute Gasteiger partial charge is 0.269 e. The summed E-state index contributed by atoms with van der Waals surface area (Å²) in [5, 5.41) is 9.32. The van der Waals surface area contributed by atoms with E-state index in [1.807, 2.05) is 28.7 Å². The highest BCUT2D eigenvalue weighted by molar-refractivity contribution is 6.30. The molecule has 3 rings (SSSR count). The molecule has 0 radical (unpaired) electrons. The van der Waals surface area contributed by atoms with Gasteiger partial charge in [-0.25, -0.2) is 4.98 Å². The Balaban J connectivity index is 1.97. The lowest BCUT2D eigenvalue weighted by molar-refractivity contribution is 0.919. The van der Waals surface area contributed by atoms with Crippen LogP contribution in [0.5, 0.6) is 0 Å². The van der Waals surface area contributed by atoms with Crippen molar-refractivity contribution in [1.82, 2.24) is 19.6 Å². The quantitative estimate of drug-likeness (QED) is 0.677. The van der Waals surface area contributed by atoms with E-state index in [4.69, 9.17) is 23.2 Å². The summed E-state index contributed by atoms with van der Waals surface area (Å²) in [6.45, 7) is 0. The molecule has 3 aromatic rings. The number of hydrogen-bond donors (Lipinski definition) is 0. The first-order chi connectivity index (χ1) is 8.72. The maximum absolute atomic E-state index is 5.85. The second-order valence-corrected chi connectivity index (χ2v) is 4.68. The van der Waals surface area contributed by atoms with Crippen LogP contribution in [0.3, 0.4) is 0 Å². The van der Waals surface area contributed by atoms with Crippen LogP contribution >= 0.6 is 23.2 Å². The van der Waals surface area contributed by atoms with Gasteiger partial charge in [-0.05, 0) is 17.7 Å². The molecule has 90 valence electrons. The van der Waals surface area contributed by atoms with Gasteiger partial charge in [0.2, 0.25) is 0 Å². The summed E-state index contributed by atoms with van der Waals surface area (Å²) in [5.74, 6) is 0.816. The number of nitrogens with zero attached hydrogens (tertiary/aromatic N) is 4. The van der Waals surface area contributed by atoms with Gasteiger partial charge in [-0.15, -0.1) is 10.2 Å². The predicted molar refractivity (Wildman–Crippen MR) is 70.1 cm³/mol. The van der Waals surface area contributed by atoms with Crippen LogP contribution in [-0.2, 0) is 6.42 Å². The van der Waals surface area contributed by atoms with Crippen molar-refractivity contribution in [1.29, 1.82) is 0 Å². The summed E-state index contributed by atoms with van der Waals surface area (Å²) in [5.41, 5.74) is 1.81. The molecule has 0 bridgehead atoms.